The van der Waals surface area contributed by atoms with Crippen LogP contribution in [0.15, 0.2) is 65.4 Å². The number of pyridine rings is 1. The number of esters is 2. The van der Waals surface area contributed by atoms with Crippen LogP contribution in [0.4, 0.5) is 10.1 Å². The SMILES string of the molecule is C=CCOC(=O)C1=C(C(=O)N(Cc2cccnc2)c2cc(SCC(=O)OC)c(Cl)cc2F)CCCC1. The van der Waals surface area contributed by atoms with Gasteiger partial charge >= 0.3 is 11.9 Å². The minimum Gasteiger partial charge on any atom is -0.468 e. The van der Waals surface area contributed by atoms with Crippen molar-refractivity contribution in [2.45, 2.75) is 37.1 Å². The Morgan fingerprint density at radius 1 is 1.25 bits per heavy atom. The van der Waals surface area contributed by atoms with E-state index in [0.717, 1.165) is 24.2 Å². The number of carbonyl (C=O) groups is 3. The Labute approximate surface area is 218 Å². The largest absolute Gasteiger partial charge is 0.468 e. The maximum Gasteiger partial charge on any atom is 0.334 e. The molecule has 0 aliphatic heterocycles. The van der Waals surface area contributed by atoms with Crippen LogP contribution in [0.2, 0.25) is 5.02 Å². The molecular weight excluding hydrogens is 507 g/mol. The van der Waals surface area contributed by atoms with Crippen LogP contribution in [-0.2, 0) is 30.4 Å². The van der Waals surface area contributed by atoms with Gasteiger partial charge in [-0.2, -0.15) is 0 Å². The minimum absolute atomic E-state index is 0.00478. The lowest BCUT2D eigenvalue weighted by Gasteiger charge is -2.28. The molecule has 0 saturated heterocycles. The molecule has 0 atom stereocenters. The molecule has 0 unspecified atom stereocenters. The molecule has 2 aromatic rings. The number of hydrogen-bond donors (Lipinski definition) is 0. The van der Waals surface area contributed by atoms with Gasteiger partial charge < -0.3 is 14.4 Å². The number of thioether (sulfide) groups is 1. The summed E-state index contributed by atoms with van der Waals surface area (Å²) < 4.78 is 25.2. The van der Waals surface area contributed by atoms with Crippen molar-refractivity contribution in [2.75, 3.05) is 24.4 Å². The fourth-order valence-electron chi connectivity index (χ4n) is 3.72. The molecule has 1 aliphatic rings. The highest BCUT2D eigenvalue weighted by molar-refractivity contribution is 8.00. The van der Waals surface area contributed by atoms with Crippen molar-refractivity contribution < 1.29 is 28.2 Å². The van der Waals surface area contributed by atoms with Crippen molar-refractivity contribution in [3.63, 3.8) is 0 Å². The lowest BCUT2D eigenvalue weighted by Crippen LogP contribution is -2.34. The fraction of sp³-hybridized carbons (Fsp3) is 0.308. The van der Waals surface area contributed by atoms with E-state index >= 15 is 4.39 Å². The summed E-state index contributed by atoms with van der Waals surface area (Å²) in [5.41, 5.74) is 1.21. The second kappa shape index (κ2) is 13.2. The van der Waals surface area contributed by atoms with Gasteiger partial charge in [0.2, 0.25) is 0 Å². The predicted octanol–water partition coefficient (Wildman–Crippen LogP) is 5.27. The fourth-order valence-corrected chi connectivity index (χ4v) is 4.82. The standard InChI is InChI=1S/C26H26ClFN2O5S/c1-3-11-35-26(33)19-9-5-4-8-18(19)25(32)30(15-17-7-6-10-29-14-17)22-13-23(20(27)12-21(22)28)36-16-24(31)34-2/h3,6-7,10,12-14H,1,4-5,8-9,11,15-16H2,2H3. The van der Waals surface area contributed by atoms with Crippen LogP contribution in [0, 0.1) is 5.82 Å². The number of ether oxygens (including phenoxy) is 2. The van der Waals surface area contributed by atoms with Crippen molar-refractivity contribution in [1.29, 1.82) is 0 Å². The monoisotopic (exact) mass is 532 g/mol. The van der Waals surface area contributed by atoms with Crippen molar-refractivity contribution in [2.24, 2.45) is 0 Å². The molecule has 1 aromatic carbocycles. The molecule has 10 heteroatoms. The van der Waals surface area contributed by atoms with Gasteiger partial charge in [-0.25, -0.2) is 9.18 Å². The summed E-state index contributed by atoms with van der Waals surface area (Å²) in [4.78, 5) is 44.0. The molecule has 190 valence electrons. The number of anilines is 1. The Balaban J connectivity index is 2.06. The first-order chi connectivity index (χ1) is 17.3. The summed E-state index contributed by atoms with van der Waals surface area (Å²) in [5.74, 6) is -2.31. The van der Waals surface area contributed by atoms with Crippen LogP contribution in [-0.4, -0.2) is 42.3 Å². The van der Waals surface area contributed by atoms with E-state index in [-0.39, 0.29) is 35.2 Å². The highest BCUT2D eigenvalue weighted by Gasteiger charge is 2.30. The number of benzene rings is 1. The molecule has 0 N–H and O–H groups in total. The quantitative estimate of drug-likeness (QED) is 0.234. The van der Waals surface area contributed by atoms with Crippen LogP contribution < -0.4 is 4.90 Å². The second-order valence-electron chi connectivity index (χ2n) is 7.90. The molecule has 0 fully saturated rings. The molecule has 0 bridgehead atoms. The Kier molecular flexibility index (Phi) is 10.1. The van der Waals surface area contributed by atoms with E-state index in [9.17, 15) is 14.4 Å². The predicted molar refractivity (Wildman–Crippen MR) is 136 cm³/mol. The van der Waals surface area contributed by atoms with Gasteiger partial charge in [0.1, 0.15) is 12.4 Å². The van der Waals surface area contributed by atoms with Gasteiger partial charge in [0.15, 0.2) is 0 Å². The maximum atomic E-state index is 15.3. The number of hydrogen-bond acceptors (Lipinski definition) is 7. The zero-order valence-corrected chi connectivity index (χ0v) is 21.4. The Bertz CT molecular complexity index is 1170. The summed E-state index contributed by atoms with van der Waals surface area (Å²) in [6, 6.07) is 6.02. The number of halogens is 2. The molecule has 0 saturated carbocycles. The van der Waals surface area contributed by atoms with Gasteiger partial charge in [0.25, 0.3) is 5.91 Å². The average molecular weight is 533 g/mol. The first-order valence-electron chi connectivity index (χ1n) is 11.2. The molecule has 0 radical (unpaired) electrons. The highest BCUT2D eigenvalue weighted by atomic mass is 35.5. The van der Waals surface area contributed by atoms with E-state index in [4.69, 9.17) is 16.3 Å². The summed E-state index contributed by atoms with van der Waals surface area (Å²) in [6.45, 7) is 3.57. The lowest BCUT2D eigenvalue weighted by molar-refractivity contribution is -0.138. The van der Waals surface area contributed by atoms with E-state index in [1.807, 2.05) is 0 Å². The summed E-state index contributed by atoms with van der Waals surface area (Å²) in [6.07, 6.45) is 6.83. The van der Waals surface area contributed by atoms with Gasteiger partial charge in [-0.1, -0.05) is 30.3 Å². The number of carbonyl (C=O) groups excluding carboxylic acids is 3. The molecule has 36 heavy (non-hydrogen) atoms. The maximum absolute atomic E-state index is 15.3. The zero-order chi connectivity index (χ0) is 26.1. The highest BCUT2D eigenvalue weighted by Crippen LogP contribution is 2.36. The Hall–Kier alpha value is -3.17. The number of aromatic nitrogens is 1. The molecule has 1 aliphatic carbocycles. The van der Waals surface area contributed by atoms with Crippen LogP contribution >= 0.6 is 23.4 Å². The van der Waals surface area contributed by atoms with Gasteiger partial charge in [-0.05, 0) is 49.4 Å². The molecule has 0 spiro atoms. The number of amides is 1. The molecular formula is C26H26ClFN2O5S. The first-order valence-corrected chi connectivity index (χ1v) is 12.6. The van der Waals surface area contributed by atoms with Crippen LogP contribution in [0.25, 0.3) is 0 Å². The Morgan fingerprint density at radius 3 is 2.67 bits per heavy atom. The molecule has 7 nitrogen and oxygen atoms in total. The van der Waals surface area contributed by atoms with E-state index in [0.29, 0.717) is 35.3 Å². The summed E-state index contributed by atoms with van der Waals surface area (Å²) in [5, 5.41) is 0.101. The number of rotatable bonds is 10. The van der Waals surface area contributed by atoms with E-state index < -0.39 is 23.7 Å². The molecule has 3 rings (SSSR count). The normalized spacial score (nSPS) is 13.2. The van der Waals surface area contributed by atoms with Crippen molar-refractivity contribution in [3.05, 3.63) is 76.9 Å². The molecule has 1 heterocycles. The van der Waals surface area contributed by atoms with Crippen LogP contribution in [0.1, 0.15) is 31.2 Å². The van der Waals surface area contributed by atoms with Crippen LogP contribution in [0.5, 0.6) is 0 Å². The third-order valence-electron chi connectivity index (χ3n) is 5.48. The van der Waals surface area contributed by atoms with Crippen LogP contribution in [0.3, 0.4) is 0 Å². The smallest absolute Gasteiger partial charge is 0.334 e. The number of nitrogens with zero attached hydrogens (tertiary/aromatic N) is 2. The van der Waals surface area contributed by atoms with E-state index in [2.05, 4.69) is 16.3 Å². The molecule has 1 aromatic heterocycles. The molecule has 1 amide bonds. The van der Waals surface area contributed by atoms with E-state index in [1.165, 1.54) is 24.2 Å². The topological polar surface area (TPSA) is 85.8 Å². The lowest BCUT2D eigenvalue weighted by atomic mass is 9.90. The third kappa shape index (κ3) is 6.95. The van der Waals surface area contributed by atoms with Gasteiger partial charge in [-0.3, -0.25) is 14.6 Å². The van der Waals surface area contributed by atoms with E-state index in [1.54, 1.807) is 24.5 Å². The van der Waals surface area contributed by atoms with Gasteiger partial charge in [-0.15, -0.1) is 11.8 Å². The van der Waals surface area contributed by atoms with Crippen molar-refractivity contribution >= 4 is 46.9 Å². The van der Waals surface area contributed by atoms with Gasteiger partial charge in [0, 0.05) is 28.4 Å². The third-order valence-corrected chi connectivity index (χ3v) is 6.93. The summed E-state index contributed by atoms with van der Waals surface area (Å²) in [7, 11) is 1.27. The summed E-state index contributed by atoms with van der Waals surface area (Å²) >= 11 is 7.30. The zero-order valence-electron chi connectivity index (χ0n) is 19.8. The van der Waals surface area contributed by atoms with Crippen molar-refractivity contribution in [3.8, 4) is 0 Å². The second-order valence-corrected chi connectivity index (χ2v) is 9.33. The van der Waals surface area contributed by atoms with Crippen molar-refractivity contribution in [1.82, 2.24) is 4.98 Å². The Morgan fingerprint density at radius 2 is 2.00 bits per heavy atom. The minimum atomic E-state index is -0.716. The average Bonchev–Trinajstić information content (AvgIpc) is 2.90. The first kappa shape index (κ1) is 27.4. The van der Waals surface area contributed by atoms with Gasteiger partial charge in [0.05, 0.1) is 30.1 Å². The number of methoxy groups -OCH3 is 1.